The van der Waals surface area contributed by atoms with Crippen molar-refractivity contribution in [1.29, 1.82) is 0 Å². The molecule has 0 aliphatic carbocycles. The van der Waals surface area contributed by atoms with Gasteiger partial charge in [-0.3, -0.25) is 33.4 Å². The quantitative estimate of drug-likeness (QED) is 0.140. The lowest BCUT2D eigenvalue weighted by molar-refractivity contribution is -0.135. The van der Waals surface area contributed by atoms with E-state index in [2.05, 4.69) is 36.7 Å². The number of aromatic nitrogens is 3. The summed E-state index contributed by atoms with van der Waals surface area (Å²) < 4.78 is 6.88. The third-order valence-corrected chi connectivity index (χ3v) is 10.4. The van der Waals surface area contributed by atoms with E-state index in [4.69, 9.17) is 4.74 Å². The first-order valence-corrected chi connectivity index (χ1v) is 20.2. The predicted octanol–water partition coefficient (Wildman–Crippen LogP) is 2.48. The lowest BCUT2D eigenvalue weighted by Crippen LogP contribution is -2.60. The van der Waals surface area contributed by atoms with Crippen molar-refractivity contribution in [3.8, 4) is 5.75 Å². The molecule has 316 valence electrons. The van der Waals surface area contributed by atoms with Crippen molar-refractivity contribution < 1.29 is 33.5 Å². The Morgan fingerprint density at radius 3 is 2.14 bits per heavy atom. The van der Waals surface area contributed by atoms with Gasteiger partial charge >= 0.3 is 0 Å². The molecule has 5 atom stereocenters. The van der Waals surface area contributed by atoms with Gasteiger partial charge in [0.2, 0.25) is 29.5 Å². The number of ether oxygens (including phenoxy) is 1. The molecule has 0 saturated carbocycles. The van der Waals surface area contributed by atoms with Crippen LogP contribution >= 0.6 is 0 Å². The van der Waals surface area contributed by atoms with E-state index in [1.807, 2.05) is 58.9 Å². The number of rotatable bonds is 10. The van der Waals surface area contributed by atoms with Crippen molar-refractivity contribution in [3.05, 3.63) is 83.8 Å². The summed E-state index contributed by atoms with van der Waals surface area (Å²) in [7, 11) is 1.54. The highest BCUT2D eigenvalue weighted by Crippen LogP contribution is 2.20. The summed E-state index contributed by atoms with van der Waals surface area (Å²) in [5, 5.41) is 19.5. The third kappa shape index (κ3) is 11.7. The van der Waals surface area contributed by atoms with Gasteiger partial charge in [-0.1, -0.05) is 58.0 Å². The third-order valence-electron chi connectivity index (χ3n) is 10.4. The molecular formula is C43H57N9O7. The minimum atomic E-state index is -1.18. The first-order chi connectivity index (χ1) is 28.1. The zero-order valence-corrected chi connectivity index (χ0v) is 34.8. The fourth-order valence-electron chi connectivity index (χ4n) is 6.98. The number of methoxy groups -OCH3 is 1. The molecule has 16 nitrogen and oxygen atoms in total. The van der Waals surface area contributed by atoms with Crippen LogP contribution in [-0.2, 0) is 43.4 Å². The van der Waals surface area contributed by atoms with Crippen LogP contribution in [0.2, 0.25) is 0 Å². The van der Waals surface area contributed by atoms with Crippen molar-refractivity contribution in [2.45, 2.75) is 97.6 Å². The number of hydrogen-bond donors (Lipinski definition) is 6. The van der Waals surface area contributed by atoms with Crippen LogP contribution < -0.4 is 31.3 Å². The van der Waals surface area contributed by atoms with Crippen LogP contribution in [0.5, 0.6) is 5.75 Å². The molecule has 2 aromatic carbocycles. The number of carbonyl (C=O) groups excluding carboxylic acids is 6. The lowest BCUT2D eigenvalue weighted by Gasteiger charge is -2.32. The van der Waals surface area contributed by atoms with Crippen LogP contribution in [0.15, 0.2) is 67.0 Å². The second-order valence-electron chi connectivity index (χ2n) is 15.8. The summed E-state index contributed by atoms with van der Waals surface area (Å²) in [6, 6.07) is 11.0. The van der Waals surface area contributed by atoms with E-state index in [-0.39, 0.29) is 43.3 Å². The van der Waals surface area contributed by atoms with Crippen molar-refractivity contribution in [1.82, 2.24) is 46.2 Å². The summed E-state index contributed by atoms with van der Waals surface area (Å²) in [6.07, 6.45) is 3.76. The maximum Gasteiger partial charge on any atom is 0.274 e. The van der Waals surface area contributed by atoms with E-state index >= 15 is 0 Å². The number of amides is 6. The van der Waals surface area contributed by atoms with Gasteiger partial charge in [-0.05, 0) is 67.5 Å². The number of para-hydroxylation sites is 1. The highest BCUT2D eigenvalue weighted by atomic mass is 16.5. The minimum Gasteiger partial charge on any atom is -0.497 e. The van der Waals surface area contributed by atoms with Gasteiger partial charge in [0, 0.05) is 55.3 Å². The molecule has 5 rings (SSSR count). The summed E-state index contributed by atoms with van der Waals surface area (Å²) in [4.78, 5) is 89.0. The first-order valence-electron chi connectivity index (χ1n) is 20.2. The molecule has 2 aromatic heterocycles. The van der Waals surface area contributed by atoms with E-state index in [0.717, 1.165) is 16.5 Å². The molecule has 59 heavy (non-hydrogen) atoms. The average Bonchev–Trinajstić information content (AvgIpc) is 3.86. The van der Waals surface area contributed by atoms with E-state index in [0.29, 0.717) is 17.9 Å². The topological polar surface area (TPSA) is 209 Å². The Bertz CT molecular complexity index is 2110. The summed E-state index contributed by atoms with van der Waals surface area (Å²) in [6.45, 7) is 10.9. The van der Waals surface area contributed by atoms with Gasteiger partial charge in [0.15, 0.2) is 0 Å². The minimum absolute atomic E-state index is 0.0531. The van der Waals surface area contributed by atoms with Gasteiger partial charge in [-0.2, -0.15) is 5.10 Å². The zero-order chi connectivity index (χ0) is 42.8. The average molecular weight is 812 g/mol. The zero-order valence-electron chi connectivity index (χ0n) is 34.8. The van der Waals surface area contributed by atoms with Crippen molar-refractivity contribution in [3.63, 3.8) is 0 Å². The van der Waals surface area contributed by atoms with Crippen LogP contribution in [0.3, 0.4) is 0 Å². The molecule has 0 spiro atoms. The summed E-state index contributed by atoms with van der Waals surface area (Å²) >= 11 is 0. The molecule has 3 heterocycles. The second kappa shape index (κ2) is 20.0. The molecule has 16 heteroatoms. The van der Waals surface area contributed by atoms with Crippen molar-refractivity contribution >= 4 is 46.3 Å². The number of fused-ring (bicyclic) bond motifs is 1. The smallest absolute Gasteiger partial charge is 0.274 e. The Morgan fingerprint density at radius 2 is 1.47 bits per heavy atom. The molecule has 1 aliphatic heterocycles. The number of H-pyrrole nitrogens is 1. The van der Waals surface area contributed by atoms with Crippen molar-refractivity contribution in [2.75, 3.05) is 20.2 Å². The van der Waals surface area contributed by atoms with Gasteiger partial charge in [0.1, 0.15) is 35.6 Å². The summed E-state index contributed by atoms with van der Waals surface area (Å²) in [5.41, 5.74) is 2.41. The summed E-state index contributed by atoms with van der Waals surface area (Å²) in [5.74, 6) is -3.22. The van der Waals surface area contributed by atoms with Crippen LogP contribution in [0, 0.1) is 11.8 Å². The van der Waals surface area contributed by atoms with Gasteiger partial charge in [0.05, 0.1) is 13.7 Å². The van der Waals surface area contributed by atoms with Crippen LogP contribution in [0.1, 0.15) is 69.6 Å². The Kier molecular flexibility index (Phi) is 14.9. The number of aryl methyl sites for hydroxylation is 1. The van der Waals surface area contributed by atoms with E-state index in [1.165, 1.54) is 11.8 Å². The molecule has 1 aliphatic rings. The maximum absolute atomic E-state index is 14.4. The molecule has 1 saturated heterocycles. The molecule has 4 aromatic rings. The highest BCUT2D eigenvalue weighted by Gasteiger charge is 2.34. The molecular weight excluding hydrogens is 755 g/mol. The fraction of sp³-hybridized carbons (Fsp3) is 0.465. The van der Waals surface area contributed by atoms with E-state index in [9.17, 15) is 28.8 Å². The Balaban J connectivity index is 1.55. The SMILES string of the molecule is CCn1ccc(C(=O)N2CC(=O)N[C@H](Cc3c[nH]c4ccccc34)C(=O)N[C@@H](CC(C)C)C(=O)N[C@@H](Cc3ccc(OC)cc3)C(=O)N[C@H](C)C(=O)N[C@@H](C(C)C)C2)n1. The van der Waals surface area contributed by atoms with Gasteiger partial charge < -0.3 is 41.2 Å². The van der Waals surface area contributed by atoms with Gasteiger partial charge in [-0.15, -0.1) is 0 Å². The Morgan fingerprint density at radius 1 is 0.814 bits per heavy atom. The van der Waals surface area contributed by atoms with E-state index in [1.54, 1.807) is 54.5 Å². The highest BCUT2D eigenvalue weighted by molar-refractivity contribution is 5.98. The number of nitrogens with zero attached hydrogens (tertiary/aromatic N) is 3. The number of benzene rings is 2. The maximum atomic E-state index is 14.4. The van der Waals surface area contributed by atoms with Crippen LogP contribution in [0.25, 0.3) is 10.9 Å². The molecule has 0 unspecified atom stereocenters. The van der Waals surface area contributed by atoms with Gasteiger partial charge in [0.25, 0.3) is 5.91 Å². The first kappa shape index (κ1) is 43.9. The lowest BCUT2D eigenvalue weighted by atomic mass is 9.99. The predicted molar refractivity (Wildman–Crippen MR) is 222 cm³/mol. The number of nitrogens with one attached hydrogen (secondary N) is 6. The Hall–Kier alpha value is -6.19. The molecule has 1 fully saturated rings. The Labute approximate surface area is 344 Å². The molecule has 6 amide bonds. The standard InChI is InChI=1S/C43H57N9O7/c1-8-52-18-17-33(50-52)43(58)51-23-37(26(4)5)49-39(54)27(6)45-40(55)35(20-28-13-15-30(59-7)16-14-28)48-41(56)34(19-25(2)3)47-42(57)36(46-38(53)24-51)21-29-22-44-32-12-10-9-11-31(29)32/h9-18,22,25-27,34-37,44H,8,19-21,23-24H2,1-7H3,(H,45,55)(H,46,53)(H,47,57)(H,48,56)(H,49,54)/t27-,34+,35+,36-,37-/m1/s1. The van der Waals surface area contributed by atoms with Gasteiger partial charge in [-0.25, -0.2) is 0 Å². The monoisotopic (exact) mass is 811 g/mol. The number of aromatic amines is 1. The van der Waals surface area contributed by atoms with Crippen LogP contribution in [-0.4, -0.2) is 106 Å². The molecule has 6 N–H and O–H groups in total. The largest absolute Gasteiger partial charge is 0.497 e. The van der Waals surface area contributed by atoms with E-state index < -0.39 is 72.2 Å². The molecule has 0 bridgehead atoms. The van der Waals surface area contributed by atoms with Crippen LogP contribution in [0.4, 0.5) is 0 Å². The number of hydrogen-bond acceptors (Lipinski definition) is 8. The normalized spacial score (nSPS) is 21.6. The second-order valence-corrected chi connectivity index (χ2v) is 15.8. The fourth-order valence-corrected chi connectivity index (χ4v) is 6.98. The molecule has 0 radical (unpaired) electrons. The number of carbonyl (C=O) groups is 6. The van der Waals surface area contributed by atoms with Crippen molar-refractivity contribution in [2.24, 2.45) is 11.8 Å².